The van der Waals surface area contributed by atoms with Gasteiger partial charge in [0, 0.05) is 23.6 Å². The molecule has 0 unspecified atom stereocenters. The molecule has 1 saturated heterocycles. The van der Waals surface area contributed by atoms with Crippen molar-refractivity contribution in [2.24, 2.45) is 0 Å². The van der Waals surface area contributed by atoms with Crippen LogP contribution < -0.4 is 10.2 Å². The van der Waals surface area contributed by atoms with E-state index in [1.165, 1.54) is 18.2 Å². The summed E-state index contributed by atoms with van der Waals surface area (Å²) in [7, 11) is 0. The highest BCUT2D eigenvalue weighted by Gasteiger charge is 2.40. The lowest BCUT2D eigenvalue weighted by atomic mass is 10.1. The zero-order valence-electron chi connectivity index (χ0n) is 14.0. The molecule has 6 heteroatoms. The van der Waals surface area contributed by atoms with E-state index in [4.69, 9.17) is 0 Å². The Labute approximate surface area is 149 Å². The standard InChI is InChI=1S/C20H18FN3O2/c21-15-6-2-4-8-18(15)24-19(25)11-17(20(24)26)22-10-9-13-12-23-16-7-3-1-5-14(13)16/h1-8,12,17,22-23H,9-11H2/t17-/m1/s1. The maximum absolute atomic E-state index is 13.9. The Balaban J connectivity index is 1.42. The molecule has 5 nitrogen and oxygen atoms in total. The highest BCUT2D eigenvalue weighted by molar-refractivity contribution is 6.22. The number of benzene rings is 2. The first-order valence-electron chi connectivity index (χ1n) is 8.55. The van der Waals surface area contributed by atoms with E-state index in [1.54, 1.807) is 6.07 Å². The Morgan fingerprint density at radius 3 is 2.73 bits per heavy atom. The van der Waals surface area contributed by atoms with Crippen LogP contribution >= 0.6 is 0 Å². The van der Waals surface area contributed by atoms with Crippen LogP contribution in [0.1, 0.15) is 12.0 Å². The molecule has 0 spiro atoms. The quantitative estimate of drug-likeness (QED) is 0.695. The number of H-pyrrole nitrogens is 1. The molecule has 0 saturated carbocycles. The summed E-state index contributed by atoms with van der Waals surface area (Å²) in [6.07, 6.45) is 2.72. The minimum atomic E-state index is -0.618. The van der Waals surface area contributed by atoms with Crippen LogP contribution in [-0.4, -0.2) is 29.4 Å². The number of rotatable bonds is 5. The average Bonchev–Trinajstić information content (AvgIpc) is 3.17. The first-order chi connectivity index (χ1) is 12.6. The summed E-state index contributed by atoms with van der Waals surface area (Å²) >= 11 is 0. The number of hydrogen-bond acceptors (Lipinski definition) is 3. The van der Waals surface area contributed by atoms with Crippen LogP contribution in [0.4, 0.5) is 10.1 Å². The van der Waals surface area contributed by atoms with Crippen LogP contribution in [-0.2, 0) is 16.0 Å². The van der Waals surface area contributed by atoms with Gasteiger partial charge in [-0.15, -0.1) is 0 Å². The summed E-state index contributed by atoms with van der Waals surface area (Å²) in [6.45, 7) is 0.552. The summed E-state index contributed by atoms with van der Waals surface area (Å²) in [6, 6.07) is 13.2. The zero-order valence-corrected chi connectivity index (χ0v) is 14.0. The fourth-order valence-electron chi connectivity index (χ4n) is 3.40. The molecule has 0 aliphatic carbocycles. The lowest BCUT2D eigenvalue weighted by molar-refractivity contribution is -0.121. The minimum absolute atomic E-state index is 0.0171. The van der Waals surface area contributed by atoms with Crippen LogP contribution in [0.25, 0.3) is 10.9 Å². The molecule has 1 aromatic heterocycles. The van der Waals surface area contributed by atoms with Gasteiger partial charge in [-0.05, 0) is 30.2 Å². The van der Waals surface area contributed by atoms with E-state index < -0.39 is 17.8 Å². The molecule has 26 heavy (non-hydrogen) atoms. The molecule has 2 aromatic carbocycles. The second-order valence-corrected chi connectivity index (χ2v) is 6.34. The number of carbonyl (C=O) groups is 2. The molecule has 0 bridgehead atoms. The summed E-state index contributed by atoms with van der Waals surface area (Å²) in [5, 5.41) is 4.28. The molecule has 0 radical (unpaired) electrons. The molecular formula is C20H18FN3O2. The first kappa shape index (κ1) is 16.5. The van der Waals surface area contributed by atoms with Crippen LogP contribution in [0.3, 0.4) is 0 Å². The number of hydrogen-bond donors (Lipinski definition) is 2. The van der Waals surface area contributed by atoms with Crippen molar-refractivity contribution >= 4 is 28.4 Å². The van der Waals surface area contributed by atoms with E-state index in [2.05, 4.69) is 10.3 Å². The number of nitrogens with zero attached hydrogens (tertiary/aromatic N) is 1. The van der Waals surface area contributed by atoms with Crippen LogP contribution in [0.5, 0.6) is 0 Å². The monoisotopic (exact) mass is 351 g/mol. The van der Waals surface area contributed by atoms with Crippen molar-refractivity contribution in [1.82, 2.24) is 10.3 Å². The Bertz CT molecular complexity index is 982. The van der Waals surface area contributed by atoms with Crippen molar-refractivity contribution in [3.63, 3.8) is 0 Å². The van der Waals surface area contributed by atoms with Crippen molar-refractivity contribution in [3.8, 4) is 0 Å². The van der Waals surface area contributed by atoms with Crippen LogP contribution in [0.2, 0.25) is 0 Å². The molecule has 2 heterocycles. The molecule has 1 atom stereocenters. The van der Waals surface area contributed by atoms with Gasteiger partial charge in [0.25, 0.3) is 5.91 Å². The molecule has 4 rings (SSSR count). The lowest BCUT2D eigenvalue weighted by Crippen LogP contribution is -2.39. The van der Waals surface area contributed by atoms with Gasteiger partial charge in [0.1, 0.15) is 5.82 Å². The van der Waals surface area contributed by atoms with E-state index in [1.807, 2.05) is 30.5 Å². The number of carbonyl (C=O) groups excluding carboxylic acids is 2. The van der Waals surface area contributed by atoms with Gasteiger partial charge in [0.15, 0.2) is 0 Å². The maximum Gasteiger partial charge on any atom is 0.251 e. The second kappa shape index (κ2) is 6.72. The van der Waals surface area contributed by atoms with Gasteiger partial charge in [-0.2, -0.15) is 0 Å². The Morgan fingerprint density at radius 1 is 1.12 bits per heavy atom. The predicted octanol–water partition coefficient (Wildman–Crippen LogP) is 2.77. The van der Waals surface area contributed by atoms with Crippen LogP contribution in [0, 0.1) is 5.82 Å². The van der Waals surface area contributed by atoms with Crippen molar-refractivity contribution in [3.05, 3.63) is 66.1 Å². The minimum Gasteiger partial charge on any atom is -0.361 e. The normalized spacial score (nSPS) is 17.4. The third kappa shape index (κ3) is 2.88. The molecule has 1 aliphatic rings. The van der Waals surface area contributed by atoms with E-state index in [0.29, 0.717) is 6.54 Å². The fourth-order valence-corrected chi connectivity index (χ4v) is 3.40. The topological polar surface area (TPSA) is 65.2 Å². The van der Waals surface area contributed by atoms with Crippen molar-refractivity contribution < 1.29 is 14.0 Å². The van der Waals surface area contributed by atoms with E-state index >= 15 is 0 Å². The van der Waals surface area contributed by atoms with E-state index in [0.717, 1.165) is 27.8 Å². The summed E-state index contributed by atoms with van der Waals surface area (Å²) in [4.78, 5) is 28.9. The van der Waals surface area contributed by atoms with Gasteiger partial charge in [0.2, 0.25) is 5.91 Å². The van der Waals surface area contributed by atoms with Gasteiger partial charge in [-0.1, -0.05) is 30.3 Å². The number of nitrogens with one attached hydrogen (secondary N) is 2. The predicted molar refractivity (Wildman–Crippen MR) is 97.3 cm³/mol. The van der Waals surface area contributed by atoms with Gasteiger partial charge >= 0.3 is 0 Å². The van der Waals surface area contributed by atoms with Gasteiger partial charge < -0.3 is 10.3 Å². The van der Waals surface area contributed by atoms with Crippen molar-refractivity contribution in [2.75, 3.05) is 11.4 Å². The third-order valence-corrected chi connectivity index (χ3v) is 4.70. The van der Waals surface area contributed by atoms with Gasteiger partial charge in [0.05, 0.1) is 18.2 Å². The number of amides is 2. The highest BCUT2D eigenvalue weighted by atomic mass is 19.1. The number of halogens is 1. The van der Waals surface area contributed by atoms with Gasteiger partial charge in [-0.25, -0.2) is 9.29 Å². The van der Waals surface area contributed by atoms with Crippen LogP contribution in [0.15, 0.2) is 54.7 Å². The van der Waals surface area contributed by atoms with E-state index in [-0.39, 0.29) is 18.0 Å². The average molecular weight is 351 g/mol. The van der Waals surface area contributed by atoms with E-state index in [9.17, 15) is 14.0 Å². The molecule has 2 N–H and O–H groups in total. The Kier molecular flexibility index (Phi) is 4.26. The maximum atomic E-state index is 13.9. The smallest absolute Gasteiger partial charge is 0.251 e. The Morgan fingerprint density at radius 2 is 1.88 bits per heavy atom. The van der Waals surface area contributed by atoms with Crippen molar-refractivity contribution in [1.29, 1.82) is 0 Å². The lowest BCUT2D eigenvalue weighted by Gasteiger charge is -2.16. The number of anilines is 1. The molecule has 3 aromatic rings. The first-order valence-corrected chi connectivity index (χ1v) is 8.55. The fraction of sp³-hybridized carbons (Fsp3) is 0.200. The number of fused-ring (bicyclic) bond motifs is 1. The summed E-state index contributed by atoms with van der Waals surface area (Å²) in [5.74, 6) is -1.36. The summed E-state index contributed by atoms with van der Waals surface area (Å²) < 4.78 is 13.9. The van der Waals surface area contributed by atoms with Gasteiger partial charge in [-0.3, -0.25) is 9.59 Å². The van der Waals surface area contributed by atoms with Crippen molar-refractivity contribution in [2.45, 2.75) is 18.9 Å². The number of imide groups is 1. The number of para-hydroxylation sites is 2. The zero-order chi connectivity index (χ0) is 18.1. The third-order valence-electron chi connectivity index (χ3n) is 4.70. The highest BCUT2D eigenvalue weighted by Crippen LogP contribution is 2.25. The molecule has 1 fully saturated rings. The molecule has 132 valence electrons. The molecular weight excluding hydrogens is 333 g/mol. The Hall–Kier alpha value is -2.99. The largest absolute Gasteiger partial charge is 0.361 e. The SMILES string of the molecule is O=C1C[C@@H](NCCc2c[nH]c3ccccc23)C(=O)N1c1ccccc1F. The summed E-state index contributed by atoms with van der Waals surface area (Å²) in [5.41, 5.74) is 2.24. The molecule has 1 aliphatic heterocycles. The number of aromatic nitrogens is 1. The molecule has 2 amide bonds. The second-order valence-electron chi connectivity index (χ2n) is 6.34. The number of aromatic amines is 1.